The molecule has 2 aromatic rings. The summed E-state index contributed by atoms with van der Waals surface area (Å²) in [7, 11) is 1.65. The summed E-state index contributed by atoms with van der Waals surface area (Å²) in [5, 5.41) is 3.44. The molecule has 154 valence electrons. The van der Waals surface area contributed by atoms with Crippen LogP contribution in [0.15, 0.2) is 42.5 Å². The van der Waals surface area contributed by atoms with Crippen molar-refractivity contribution in [2.24, 2.45) is 0 Å². The number of hydrogen-bond donors (Lipinski definition) is 3. The number of carbonyl (C=O) groups is 2. The first-order chi connectivity index (χ1) is 14.0. The molecule has 3 rings (SSSR count). The minimum atomic E-state index is -0.0209. The van der Waals surface area contributed by atoms with Gasteiger partial charge >= 0.3 is 0 Å². The number of carbonyl (C=O) groups excluding carboxylic acids is 2. The Morgan fingerprint density at radius 2 is 1.76 bits per heavy atom. The Bertz CT molecular complexity index is 879. The van der Waals surface area contributed by atoms with Gasteiger partial charge in [-0.15, -0.1) is 0 Å². The zero-order valence-electron chi connectivity index (χ0n) is 16.9. The van der Waals surface area contributed by atoms with Crippen LogP contribution in [0.25, 0.3) is 0 Å². The predicted molar refractivity (Wildman–Crippen MR) is 113 cm³/mol. The summed E-state index contributed by atoms with van der Waals surface area (Å²) in [4.78, 5) is 26.7. The lowest BCUT2D eigenvalue weighted by molar-refractivity contribution is -1.02. The molecule has 0 radical (unpaired) electrons. The topological polar surface area (TPSA) is 64.3 Å². The van der Waals surface area contributed by atoms with E-state index in [1.54, 1.807) is 32.2 Å². The zero-order chi connectivity index (χ0) is 20.8. The first-order valence-electron chi connectivity index (χ1n) is 9.85. The van der Waals surface area contributed by atoms with Crippen molar-refractivity contribution in [3.05, 3.63) is 58.6 Å². The highest BCUT2D eigenvalue weighted by Gasteiger charge is 2.26. The van der Waals surface area contributed by atoms with Crippen molar-refractivity contribution < 1.29 is 24.1 Å². The molecule has 6 nitrogen and oxygen atoms in total. The van der Waals surface area contributed by atoms with Crippen molar-refractivity contribution in [3.8, 4) is 5.75 Å². The molecule has 1 aliphatic heterocycles. The van der Waals surface area contributed by atoms with Gasteiger partial charge in [-0.1, -0.05) is 23.7 Å². The summed E-state index contributed by atoms with van der Waals surface area (Å²) in [5.74, 6) is 0.853. The first-order valence-corrected chi connectivity index (χ1v) is 10.2. The second-order valence-electron chi connectivity index (χ2n) is 7.46. The number of halogens is 1. The van der Waals surface area contributed by atoms with Crippen molar-refractivity contribution in [2.75, 3.05) is 45.2 Å². The van der Waals surface area contributed by atoms with Crippen molar-refractivity contribution in [2.45, 2.75) is 13.5 Å². The molecule has 29 heavy (non-hydrogen) atoms. The van der Waals surface area contributed by atoms with E-state index in [-0.39, 0.29) is 11.7 Å². The number of rotatable bonds is 7. The van der Waals surface area contributed by atoms with Gasteiger partial charge in [0, 0.05) is 11.1 Å². The molecule has 1 heterocycles. The Hall–Kier alpha value is -2.41. The minimum Gasteiger partial charge on any atom is -0.496 e. The van der Waals surface area contributed by atoms with E-state index in [1.807, 2.05) is 24.3 Å². The van der Waals surface area contributed by atoms with Crippen LogP contribution in [-0.2, 0) is 11.3 Å². The highest BCUT2D eigenvalue weighted by atomic mass is 35.5. The van der Waals surface area contributed by atoms with E-state index in [9.17, 15) is 9.59 Å². The summed E-state index contributed by atoms with van der Waals surface area (Å²) in [6, 6.07) is 12.9. The lowest BCUT2D eigenvalue weighted by Crippen LogP contribution is -3.28. The fourth-order valence-corrected chi connectivity index (χ4v) is 3.88. The van der Waals surface area contributed by atoms with Gasteiger partial charge in [0.2, 0.25) is 0 Å². The average Bonchev–Trinajstić information content (AvgIpc) is 2.71. The number of hydrogen-bond acceptors (Lipinski definition) is 3. The average molecular weight is 418 g/mol. The maximum atomic E-state index is 12.3. The van der Waals surface area contributed by atoms with Crippen LogP contribution < -0.4 is 19.9 Å². The van der Waals surface area contributed by atoms with E-state index in [0.29, 0.717) is 22.8 Å². The van der Waals surface area contributed by atoms with E-state index in [4.69, 9.17) is 16.3 Å². The first kappa shape index (κ1) is 21.3. The van der Waals surface area contributed by atoms with Gasteiger partial charge in [-0.3, -0.25) is 9.59 Å². The van der Waals surface area contributed by atoms with Crippen LogP contribution >= 0.6 is 11.6 Å². The second-order valence-corrected chi connectivity index (χ2v) is 7.87. The van der Waals surface area contributed by atoms with Gasteiger partial charge in [0.15, 0.2) is 12.3 Å². The Labute approximate surface area is 176 Å². The molecule has 0 spiro atoms. The summed E-state index contributed by atoms with van der Waals surface area (Å²) in [6.07, 6.45) is 0. The van der Waals surface area contributed by atoms with Gasteiger partial charge in [0.1, 0.15) is 38.5 Å². The molecule has 3 N–H and O–H groups in total. The number of benzene rings is 2. The number of ether oxygens (including phenoxy) is 1. The number of methoxy groups -OCH3 is 1. The smallest absolute Gasteiger partial charge is 0.279 e. The SMILES string of the molecule is COc1ccc(C(C)=O)cc1C[NH+]1CC[NH+](CC(=O)Nc2ccccc2Cl)CC1. The Kier molecular flexibility index (Phi) is 7.25. The van der Waals surface area contributed by atoms with Crippen LogP contribution in [0.2, 0.25) is 5.02 Å². The van der Waals surface area contributed by atoms with Gasteiger partial charge in [0.05, 0.1) is 17.8 Å². The van der Waals surface area contributed by atoms with Crippen LogP contribution in [0.5, 0.6) is 5.75 Å². The molecule has 0 aliphatic carbocycles. The third-order valence-corrected chi connectivity index (χ3v) is 5.68. The second kappa shape index (κ2) is 9.87. The number of anilines is 1. The number of para-hydroxylation sites is 1. The van der Waals surface area contributed by atoms with Crippen molar-refractivity contribution >= 4 is 29.0 Å². The molecule has 2 aromatic carbocycles. The number of ketones is 1. The highest BCUT2D eigenvalue weighted by Crippen LogP contribution is 2.20. The number of quaternary nitrogens is 2. The fraction of sp³-hybridized carbons (Fsp3) is 0.364. The highest BCUT2D eigenvalue weighted by molar-refractivity contribution is 6.33. The molecule has 1 saturated heterocycles. The quantitative estimate of drug-likeness (QED) is 0.574. The van der Waals surface area contributed by atoms with Crippen LogP contribution in [0, 0.1) is 0 Å². The molecule has 0 unspecified atom stereocenters. The summed E-state index contributed by atoms with van der Waals surface area (Å²) in [6.45, 7) is 6.57. The van der Waals surface area contributed by atoms with Crippen LogP contribution in [0.3, 0.4) is 0 Å². The predicted octanol–water partition coefficient (Wildman–Crippen LogP) is 0.473. The maximum absolute atomic E-state index is 12.3. The third-order valence-electron chi connectivity index (χ3n) is 5.35. The Balaban J connectivity index is 1.52. The normalized spacial score (nSPS) is 18.9. The van der Waals surface area contributed by atoms with Crippen molar-refractivity contribution in [3.63, 3.8) is 0 Å². The molecule has 0 aromatic heterocycles. The van der Waals surface area contributed by atoms with Gasteiger partial charge in [-0.2, -0.15) is 0 Å². The van der Waals surface area contributed by atoms with E-state index in [1.165, 1.54) is 9.80 Å². The Morgan fingerprint density at radius 3 is 2.41 bits per heavy atom. The van der Waals surface area contributed by atoms with E-state index < -0.39 is 0 Å². The number of Topliss-reactive ketones (excluding diaryl/α,β-unsaturated/α-hetero) is 1. The monoisotopic (exact) mass is 417 g/mol. The largest absolute Gasteiger partial charge is 0.496 e. The van der Waals surface area contributed by atoms with E-state index >= 15 is 0 Å². The lowest BCUT2D eigenvalue weighted by atomic mass is 10.1. The standard InChI is InChI=1S/C22H26ClN3O3/c1-16(27)17-7-8-21(29-2)18(13-17)14-25-9-11-26(12-10-25)15-22(28)24-20-6-4-3-5-19(20)23/h3-8,13H,9-12,14-15H2,1-2H3,(H,24,28)/p+2. The molecule has 1 amide bonds. The molecule has 0 bridgehead atoms. The molecule has 1 fully saturated rings. The van der Waals surface area contributed by atoms with Crippen molar-refractivity contribution in [1.29, 1.82) is 0 Å². The minimum absolute atomic E-state index is 0.0209. The number of piperazine rings is 1. The van der Waals surface area contributed by atoms with E-state index in [2.05, 4.69) is 5.32 Å². The third kappa shape index (κ3) is 5.79. The Morgan fingerprint density at radius 1 is 1.07 bits per heavy atom. The summed E-state index contributed by atoms with van der Waals surface area (Å²) < 4.78 is 5.47. The van der Waals surface area contributed by atoms with Gasteiger partial charge in [-0.05, 0) is 37.3 Å². The fourth-order valence-electron chi connectivity index (χ4n) is 3.70. The molecule has 1 aliphatic rings. The van der Waals surface area contributed by atoms with Crippen LogP contribution in [-0.4, -0.2) is 51.5 Å². The van der Waals surface area contributed by atoms with Crippen LogP contribution in [0.1, 0.15) is 22.8 Å². The van der Waals surface area contributed by atoms with Crippen LogP contribution in [0.4, 0.5) is 5.69 Å². The molecule has 0 saturated carbocycles. The maximum Gasteiger partial charge on any atom is 0.279 e. The van der Waals surface area contributed by atoms with Crippen molar-refractivity contribution in [1.82, 2.24) is 0 Å². The summed E-state index contributed by atoms with van der Waals surface area (Å²) >= 11 is 6.11. The molecular weight excluding hydrogens is 390 g/mol. The van der Waals surface area contributed by atoms with Gasteiger partial charge in [0.25, 0.3) is 5.91 Å². The number of amides is 1. The molecule has 0 atom stereocenters. The molecule has 7 heteroatoms. The zero-order valence-corrected chi connectivity index (χ0v) is 17.6. The van der Waals surface area contributed by atoms with Gasteiger partial charge < -0.3 is 19.9 Å². The van der Waals surface area contributed by atoms with Gasteiger partial charge in [-0.25, -0.2) is 0 Å². The van der Waals surface area contributed by atoms with E-state index in [0.717, 1.165) is 44.0 Å². The molecular formula is C22H28ClN3O3+2. The summed E-state index contributed by atoms with van der Waals surface area (Å²) in [5.41, 5.74) is 2.41. The number of nitrogens with one attached hydrogen (secondary N) is 3. The lowest BCUT2D eigenvalue weighted by Gasteiger charge is -2.29.